The molecule has 1 fully saturated rings. The molecular weight excluding hydrogens is 490 g/mol. The first-order chi connectivity index (χ1) is 18.0. The number of ether oxygens (including phenoxy) is 4. The summed E-state index contributed by atoms with van der Waals surface area (Å²) in [4.78, 5) is 26.9. The SMILES string of the molecule is CCOc1cc(/C=C2\SC(=O)N(CCOc3cccc(C)c3)C2=O)ccc1OCCOc1ccccc1. The molecule has 1 aliphatic rings. The lowest BCUT2D eigenvalue weighted by Crippen LogP contribution is -2.32. The Balaban J connectivity index is 1.35. The monoisotopic (exact) mass is 519 g/mol. The fraction of sp³-hybridized carbons (Fsp3) is 0.241. The fourth-order valence-electron chi connectivity index (χ4n) is 3.63. The number of aryl methyl sites for hydroxylation is 1. The van der Waals surface area contributed by atoms with Crippen molar-refractivity contribution < 1.29 is 28.5 Å². The number of hydrogen-bond acceptors (Lipinski definition) is 7. The molecule has 1 saturated heterocycles. The molecule has 0 atom stereocenters. The summed E-state index contributed by atoms with van der Waals surface area (Å²) >= 11 is 0.918. The number of hydrogen-bond donors (Lipinski definition) is 0. The van der Waals surface area contributed by atoms with Gasteiger partial charge in [0.1, 0.15) is 31.3 Å². The van der Waals surface area contributed by atoms with E-state index in [1.165, 1.54) is 4.90 Å². The van der Waals surface area contributed by atoms with Gasteiger partial charge in [-0.1, -0.05) is 36.4 Å². The average molecular weight is 520 g/mol. The Bertz CT molecular complexity index is 1260. The Morgan fingerprint density at radius 3 is 2.32 bits per heavy atom. The van der Waals surface area contributed by atoms with Gasteiger partial charge in [-0.05, 0) is 79.2 Å². The van der Waals surface area contributed by atoms with E-state index in [0.717, 1.165) is 28.6 Å². The summed E-state index contributed by atoms with van der Waals surface area (Å²) in [6.07, 6.45) is 1.69. The van der Waals surface area contributed by atoms with Gasteiger partial charge in [0.2, 0.25) is 0 Å². The Labute approximate surface area is 221 Å². The van der Waals surface area contributed by atoms with Crippen molar-refractivity contribution in [2.24, 2.45) is 0 Å². The van der Waals surface area contributed by atoms with Crippen molar-refractivity contribution in [3.63, 3.8) is 0 Å². The predicted molar refractivity (Wildman–Crippen MR) is 144 cm³/mol. The van der Waals surface area contributed by atoms with Gasteiger partial charge in [-0.25, -0.2) is 0 Å². The standard InChI is InChI=1S/C29H29NO6S/c1-3-33-26-19-22(12-13-25(26)36-17-16-35-23-9-5-4-6-10-23)20-27-28(31)30(29(32)37-27)14-15-34-24-11-7-8-21(2)18-24/h4-13,18-20H,3,14-17H2,1-2H3/b27-20-. The van der Waals surface area contributed by atoms with Crippen molar-refractivity contribution in [3.05, 3.63) is 88.8 Å². The topological polar surface area (TPSA) is 74.3 Å². The summed E-state index contributed by atoms with van der Waals surface area (Å²) < 4.78 is 23.0. The number of para-hydroxylation sites is 1. The highest BCUT2D eigenvalue weighted by atomic mass is 32.2. The van der Waals surface area contributed by atoms with Crippen LogP contribution in [0.25, 0.3) is 6.08 Å². The molecule has 7 nitrogen and oxygen atoms in total. The highest BCUT2D eigenvalue weighted by Crippen LogP contribution is 2.34. The summed E-state index contributed by atoms with van der Waals surface area (Å²) in [5.74, 6) is 2.29. The number of amides is 2. The molecule has 3 aromatic rings. The van der Waals surface area contributed by atoms with Gasteiger partial charge in [0.25, 0.3) is 11.1 Å². The molecule has 192 valence electrons. The van der Waals surface area contributed by atoms with Crippen LogP contribution in [0.3, 0.4) is 0 Å². The van der Waals surface area contributed by atoms with Gasteiger partial charge in [0, 0.05) is 0 Å². The van der Waals surface area contributed by atoms with Crippen molar-refractivity contribution >= 4 is 29.0 Å². The molecule has 2 amide bonds. The van der Waals surface area contributed by atoms with E-state index < -0.39 is 0 Å². The normalized spacial score (nSPS) is 14.2. The number of imide groups is 1. The Morgan fingerprint density at radius 2 is 1.54 bits per heavy atom. The smallest absolute Gasteiger partial charge is 0.293 e. The van der Waals surface area contributed by atoms with Crippen LogP contribution in [-0.2, 0) is 4.79 Å². The van der Waals surface area contributed by atoms with Crippen LogP contribution < -0.4 is 18.9 Å². The molecule has 37 heavy (non-hydrogen) atoms. The van der Waals surface area contributed by atoms with Crippen molar-refractivity contribution in [1.29, 1.82) is 0 Å². The summed E-state index contributed by atoms with van der Waals surface area (Å²) in [6.45, 7) is 5.46. The number of nitrogens with zero attached hydrogens (tertiary/aromatic N) is 1. The Kier molecular flexibility index (Phi) is 9.10. The summed E-state index contributed by atoms with van der Waals surface area (Å²) in [6, 6.07) is 22.6. The number of carbonyl (C=O) groups is 2. The molecule has 0 aliphatic carbocycles. The van der Waals surface area contributed by atoms with Gasteiger partial charge in [-0.15, -0.1) is 0 Å². The molecule has 0 spiro atoms. The Hall–Kier alpha value is -3.91. The van der Waals surface area contributed by atoms with Crippen LogP contribution in [-0.4, -0.2) is 49.0 Å². The molecule has 0 saturated carbocycles. The highest BCUT2D eigenvalue weighted by molar-refractivity contribution is 8.18. The average Bonchev–Trinajstić information content (AvgIpc) is 3.16. The summed E-state index contributed by atoms with van der Waals surface area (Å²) in [7, 11) is 0. The third-order valence-corrected chi connectivity index (χ3v) is 6.27. The van der Waals surface area contributed by atoms with E-state index in [1.807, 2.05) is 74.5 Å². The molecule has 8 heteroatoms. The van der Waals surface area contributed by atoms with Crippen molar-refractivity contribution in [3.8, 4) is 23.0 Å². The second-order valence-corrected chi connectivity index (χ2v) is 9.14. The number of benzene rings is 3. The maximum absolute atomic E-state index is 12.9. The van der Waals surface area contributed by atoms with E-state index >= 15 is 0 Å². The third kappa shape index (κ3) is 7.30. The van der Waals surface area contributed by atoms with Crippen LogP contribution in [0.5, 0.6) is 23.0 Å². The molecule has 0 aromatic heterocycles. The first kappa shape index (κ1) is 26.2. The van der Waals surface area contributed by atoms with E-state index in [4.69, 9.17) is 18.9 Å². The van der Waals surface area contributed by atoms with Gasteiger partial charge in [-0.3, -0.25) is 14.5 Å². The molecular formula is C29H29NO6S. The molecule has 0 radical (unpaired) electrons. The van der Waals surface area contributed by atoms with E-state index in [9.17, 15) is 9.59 Å². The molecule has 3 aromatic carbocycles. The Morgan fingerprint density at radius 1 is 0.784 bits per heavy atom. The van der Waals surface area contributed by atoms with Crippen LogP contribution in [0.2, 0.25) is 0 Å². The van der Waals surface area contributed by atoms with Gasteiger partial charge in [0.15, 0.2) is 11.5 Å². The quantitative estimate of drug-likeness (QED) is 0.216. The minimum absolute atomic E-state index is 0.179. The van der Waals surface area contributed by atoms with Crippen LogP contribution >= 0.6 is 11.8 Å². The first-order valence-electron chi connectivity index (χ1n) is 12.1. The zero-order valence-electron chi connectivity index (χ0n) is 20.8. The van der Waals surface area contributed by atoms with Gasteiger partial charge >= 0.3 is 0 Å². The second kappa shape index (κ2) is 12.9. The lowest BCUT2D eigenvalue weighted by Gasteiger charge is -2.14. The van der Waals surface area contributed by atoms with Gasteiger partial charge in [-0.2, -0.15) is 0 Å². The predicted octanol–water partition coefficient (Wildman–Crippen LogP) is 5.97. The zero-order chi connectivity index (χ0) is 26.0. The number of thioether (sulfide) groups is 1. The maximum Gasteiger partial charge on any atom is 0.293 e. The van der Waals surface area contributed by atoms with Crippen LogP contribution in [0.15, 0.2) is 77.7 Å². The second-order valence-electron chi connectivity index (χ2n) is 8.15. The van der Waals surface area contributed by atoms with Crippen molar-refractivity contribution in [2.45, 2.75) is 13.8 Å². The van der Waals surface area contributed by atoms with Crippen molar-refractivity contribution in [1.82, 2.24) is 4.90 Å². The molecule has 4 rings (SSSR count). The number of rotatable bonds is 12. The molecule has 0 bridgehead atoms. The highest BCUT2D eigenvalue weighted by Gasteiger charge is 2.34. The van der Waals surface area contributed by atoms with Gasteiger partial charge in [0.05, 0.1) is 18.1 Å². The van der Waals surface area contributed by atoms with E-state index in [2.05, 4.69) is 0 Å². The summed E-state index contributed by atoms with van der Waals surface area (Å²) in [5.41, 5.74) is 1.81. The third-order valence-electron chi connectivity index (χ3n) is 5.36. The lowest BCUT2D eigenvalue weighted by molar-refractivity contribution is -0.123. The van der Waals surface area contributed by atoms with Crippen LogP contribution in [0, 0.1) is 6.92 Å². The van der Waals surface area contributed by atoms with Crippen LogP contribution in [0.1, 0.15) is 18.1 Å². The first-order valence-corrected chi connectivity index (χ1v) is 12.9. The summed E-state index contributed by atoms with van der Waals surface area (Å²) in [5, 5.41) is -0.313. The lowest BCUT2D eigenvalue weighted by atomic mass is 10.2. The van der Waals surface area contributed by atoms with Crippen LogP contribution in [0.4, 0.5) is 4.79 Å². The molecule has 0 N–H and O–H groups in total. The van der Waals surface area contributed by atoms with E-state index in [0.29, 0.717) is 42.0 Å². The van der Waals surface area contributed by atoms with Crippen molar-refractivity contribution in [2.75, 3.05) is 33.0 Å². The maximum atomic E-state index is 12.9. The van der Waals surface area contributed by atoms with Gasteiger partial charge < -0.3 is 18.9 Å². The minimum atomic E-state index is -0.334. The van der Waals surface area contributed by atoms with E-state index in [1.54, 1.807) is 18.2 Å². The molecule has 1 heterocycles. The number of carbonyl (C=O) groups excluding carboxylic acids is 2. The minimum Gasteiger partial charge on any atom is -0.492 e. The molecule has 0 unspecified atom stereocenters. The fourth-order valence-corrected chi connectivity index (χ4v) is 4.50. The largest absolute Gasteiger partial charge is 0.492 e. The van der Waals surface area contributed by atoms with E-state index in [-0.39, 0.29) is 24.3 Å². The molecule has 1 aliphatic heterocycles. The zero-order valence-corrected chi connectivity index (χ0v) is 21.7.